The number of hydrazine groups is 1. The third-order valence-electron chi connectivity index (χ3n) is 2.74. The van der Waals surface area contributed by atoms with Crippen molar-refractivity contribution in [2.45, 2.75) is 4.90 Å². The van der Waals surface area contributed by atoms with Crippen molar-refractivity contribution in [2.75, 3.05) is 26.3 Å². The van der Waals surface area contributed by atoms with E-state index >= 15 is 0 Å². The van der Waals surface area contributed by atoms with Gasteiger partial charge in [0.05, 0.1) is 23.7 Å². The van der Waals surface area contributed by atoms with Gasteiger partial charge in [-0.3, -0.25) is 0 Å². The Labute approximate surface area is 115 Å². The van der Waals surface area contributed by atoms with Gasteiger partial charge in [0.1, 0.15) is 5.82 Å². The predicted molar refractivity (Wildman–Crippen MR) is 66.1 cm³/mol. The number of sulfonamides is 1. The van der Waals surface area contributed by atoms with E-state index < -0.39 is 27.4 Å². The largest absolute Gasteiger partial charge is 0.478 e. The Morgan fingerprint density at radius 2 is 2.00 bits per heavy atom. The number of carboxylic acid groups (broad SMARTS) is 1. The Morgan fingerprint density at radius 1 is 1.35 bits per heavy atom. The van der Waals surface area contributed by atoms with E-state index in [0.29, 0.717) is 26.3 Å². The molecule has 1 fully saturated rings. The van der Waals surface area contributed by atoms with Gasteiger partial charge in [0.2, 0.25) is 0 Å². The maximum atomic E-state index is 13.2. The fraction of sp³-hybridized carbons (Fsp3) is 0.364. The summed E-state index contributed by atoms with van der Waals surface area (Å²) < 4.78 is 42.5. The van der Waals surface area contributed by atoms with E-state index in [0.717, 1.165) is 18.2 Å². The smallest absolute Gasteiger partial charge is 0.338 e. The Morgan fingerprint density at radius 3 is 2.60 bits per heavy atom. The molecule has 0 amide bonds. The van der Waals surface area contributed by atoms with Crippen LogP contribution >= 0.6 is 0 Å². The number of benzene rings is 1. The van der Waals surface area contributed by atoms with E-state index in [4.69, 9.17) is 9.84 Å². The first-order valence-electron chi connectivity index (χ1n) is 5.78. The van der Waals surface area contributed by atoms with Crippen molar-refractivity contribution in [3.05, 3.63) is 29.6 Å². The van der Waals surface area contributed by atoms with Gasteiger partial charge in [-0.15, -0.1) is 4.83 Å². The molecule has 9 heteroatoms. The van der Waals surface area contributed by atoms with Crippen molar-refractivity contribution in [3.8, 4) is 0 Å². The lowest BCUT2D eigenvalue weighted by Crippen LogP contribution is -2.48. The van der Waals surface area contributed by atoms with E-state index in [-0.39, 0.29) is 4.90 Å². The molecule has 0 atom stereocenters. The highest BCUT2D eigenvalue weighted by Gasteiger charge is 2.22. The zero-order valence-electron chi connectivity index (χ0n) is 10.4. The van der Waals surface area contributed by atoms with Crippen molar-refractivity contribution >= 4 is 16.0 Å². The molecule has 20 heavy (non-hydrogen) atoms. The molecular weight excluding hydrogens is 291 g/mol. The summed E-state index contributed by atoms with van der Waals surface area (Å²) in [6, 6.07) is 2.63. The third-order valence-corrected chi connectivity index (χ3v) is 4.11. The summed E-state index contributed by atoms with van der Waals surface area (Å²) >= 11 is 0. The number of nitrogens with one attached hydrogen (secondary N) is 1. The maximum absolute atomic E-state index is 13.2. The molecular formula is C11H13FN2O5S. The molecule has 0 radical (unpaired) electrons. The van der Waals surface area contributed by atoms with Gasteiger partial charge in [0, 0.05) is 13.1 Å². The zero-order chi connectivity index (χ0) is 14.8. The molecule has 2 N–H and O–H groups in total. The number of hydrogen-bond acceptors (Lipinski definition) is 5. The lowest BCUT2D eigenvalue weighted by Gasteiger charge is -2.26. The van der Waals surface area contributed by atoms with Gasteiger partial charge in [-0.1, -0.05) is 0 Å². The number of nitrogens with zero attached hydrogens (tertiary/aromatic N) is 1. The molecule has 7 nitrogen and oxygen atoms in total. The van der Waals surface area contributed by atoms with E-state index in [1.165, 1.54) is 5.01 Å². The normalized spacial score (nSPS) is 17.1. The minimum Gasteiger partial charge on any atom is -0.478 e. The van der Waals surface area contributed by atoms with Crippen LogP contribution in [0.3, 0.4) is 0 Å². The first-order valence-corrected chi connectivity index (χ1v) is 7.26. The SMILES string of the molecule is O=C(O)c1cc(S(=O)(=O)NN2CCOCC2)ccc1F. The van der Waals surface area contributed by atoms with Crippen molar-refractivity contribution in [1.29, 1.82) is 0 Å². The number of carbonyl (C=O) groups is 1. The van der Waals surface area contributed by atoms with E-state index in [9.17, 15) is 17.6 Å². The first-order chi connectivity index (χ1) is 9.40. The summed E-state index contributed by atoms with van der Waals surface area (Å²) in [7, 11) is -3.94. The quantitative estimate of drug-likeness (QED) is 0.816. The highest BCUT2D eigenvalue weighted by atomic mass is 32.2. The van der Waals surface area contributed by atoms with Crippen molar-refractivity contribution < 1.29 is 27.4 Å². The van der Waals surface area contributed by atoms with E-state index in [1.807, 2.05) is 0 Å². The number of halogens is 1. The highest BCUT2D eigenvalue weighted by Crippen LogP contribution is 2.15. The molecule has 0 bridgehead atoms. The second-order valence-corrected chi connectivity index (χ2v) is 5.80. The number of ether oxygens (including phenoxy) is 1. The molecule has 1 heterocycles. The summed E-state index contributed by atoms with van der Waals surface area (Å²) in [6.07, 6.45) is 0. The number of morpholine rings is 1. The monoisotopic (exact) mass is 304 g/mol. The summed E-state index contributed by atoms with van der Waals surface area (Å²) in [4.78, 5) is 12.8. The summed E-state index contributed by atoms with van der Waals surface area (Å²) in [5, 5.41) is 10.2. The average molecular weight is 304 g/mol. The van der Waals surface area contributed by atoms with Gasteiger partial charge < -0.3 is 9.84 Å². The second kappa shape index (κ2) is 5.83. The summed E-state index contributed by atoms with van der Waals surface area (Å²) in [6.45, 7) is 1.55. The van der Waals surface area contributed by atoms with Gasteiger partial charge in [-0.2, -0.15) is 0 Å². The van der Waals surface area contributed by atoms with Crippen LogP contribution in [0.4, 0.5) is 4.39 Å². The zero-order valence-corrected chi connectivity index (χ0v) is 11.2. The van der Waals surface area contributed by atoms with Crippen LogP contribution in [0.2, 0.25) is 0 Å². The summed E-state index contributed by atoms with van der Waals surface area (Å²) in [5.74, 6) is -2.51. The third kappa shape index (κ3) is 3.31. The Balaban J connectivity index is 2.24. The lowest BCUT2D eigenvalue weighted by atomic mass is 10.2. The molecule has 0 aliphatic carbocycles. The molecule has 110 valence electrons. The molecule has 1 aromatic rings. The van der Waals surface area contributed by atoms with Crippen LogP contribution in [0.25, 0.3) is 0 Å². The minimum absolute atomic E-state index is 0.303. The highest BCUT2D eigenvalue weighted by molar-refractivity contribution is 7.89. The molecule has 0 aromatic heterocycles. The fourth-order valence-corrected chi connectivity index (χ4v) is 2.86. The standard InChI is InChI=1S/C11H13FN2O5S/c12-10-2-1-8(7-9(10)11(15)16)20(17,18)13-14-3-5-19-6-4-14/h1-2,7,13H,3-6H2,(H,15,16). The van der Waals surface area contributed by atoms with Crippen LogP contribution in [-0.2, 0) is 14.8 Å². The molecule has 0 spiro atoms. The maximum Gasteiger partial charge on any atom is 0.338 e. The van der Waals surface area contributed by atoms with E-state index in [1.54, 1.807) is 0 Å². The Bertz CT molecular complexity index is 613. The summed E-state index contributed by atoms with van der Waals surface area (Å²) in [5.41, 5.74) is -0.685. The van der Waals surface area contributed by atoms with E-state index in [2.05, 4.69) is 4.83 Å². The minimum atomic E-state index is -3.94. The molecule has 1 aliphatic rings. The molecule has 1 saturated heterocycles. The van der Waals surface area contributed by atoms with Crippen LogP contribution < -0.4 is 4.83 Å². The van der Waals surface area contributed by atoms with Crippen LogP contribution in [0, 0.1) is 5.82 Å². The van der Waals surface area contributed by atoms with Gasteiger partial charge in [0.25, 0.3) is 10.0 Å². The molecule has 0 unspecified atom stereocenters. The van der Waals surface area contributed by atoms with Crippen molar-refractivity contribution in [1.82, 2.24) is 9.84 Å². The van der Waals surface area contributed by atoms with Crippen molar-refractivity contribution in [3.63, 3.8) is 0 Å². The van der Waals surface area contributed by atoms with Crippen LogP contribution in [0.1, 0.15) is 10.4 Å². The molecule has 2 rings (SSSR count). The van der Waals surface area contributed by atoms with Gasteiger partial charge in [0.15, 0.2) is 0 Å². The first kappa shape index (κ1) is 14.9. The van der Waals surface area contributed by atoms with Crippen LogP contribution in [0.15, 0.2) is 23.1 Å². The average Bonchev–Trinajstić information content (AvgIpc) is 2.39. The predicted octanol–water partition coefficient (Wildman–Crippen LogP) is 0.0494. The van der Waals surface area contributed by atoms with Gasteiger partial charge >= 0.3 is 5.97 Å². The topological polar surface area (TPSA) is 95.9 Å². The number of rotatable bonds is 4. The number of carboxylic acids is 1. The van der Waals surface area contributed by atoms with Crippen molar-refractivity contribution in [2.24, 2.45) is 0 Å². The van der Waals surface area contributed by atoms with Crippen LogP contribution in [-0.4, -0.2) is 50.8 Å². The number of aromatic carboxylic acids is 1. The number of hydrogen-bond donors (Lipinski definition) is 2. The Hall–Kier alpha value is -1.55. The second-order valence-electron chi connectivity index (χ2n) is 4.14. The molecule has 1 aliphatic heterocycles. The molecule has 0 saturated carbocycles. The van der Waals surface area contributed by atoms with Crippen LogP contribution in [0.5, 0.6) is 0 Å². The Kier molecular flexibility index (Phi) is 4.33. The van der Waals surface area contributed by atoms with Gasteiger partial charge in [-0.25, -0.2) is 22.6 Å². The fourth-order valence-electron chi connectivity index (χ4n) is 1.71. The van der Waals surface area contributed by atoms with Gasteiger partial charge in [-0.05, 0) is 18.2 Å². The lowest BCUT2D eigenvalue weighted by molar-refractivity contribution is 0.0272. The molecule has 1 aromatic carbocycles.